The number of carbonyl (C=O) groups is 1. The van der Waals surface area contributed by atoms with E-state index in [1.165, 1.54) is 0 Å². The first-order valence-corrected chi connectivity index (χ1v) is 8.65. The summed E-state index contributed by atoms with van der Waals surface area (Å²) in [7, 11) is 0. The minimum atomic E-state index is -0.677. The van der Waals surface area contributed by atoms with Crippen molar-refractivity contribution in [3.8, 4) is 0 Å². The van der Waals surface area contributed by atoms with Crippen LogP contribution in [0.4, 0.5) is 0 Å². The summed E-state index contributed by atoms with van der Waals surface area (Å²) < 4.78 is 0. The van der Waals surface area contributed by atoms with E-state index < -0.39 is 11.7 Å². The Bertz CT molecular complexity index is 450. The van der Waals surface area contributed by atoms with Crippen LogP contribution >= 0.6 is 0 Å². The number of unbranched alkanes of at least 4 members (excludes halogenated alkanes) is 2. The second kappa shape index (κ2) is 7.10. The van der Waals surface area contributed by atoms with Gasteiger partial charge in [-0.2, -0.15) is 0 Å². The number of rotatable bonds is 7. The highest BCUT2D eigenvalue weighted by Gasteiger charge is 2.49. The van der Waals surface area contributed by atoms with E-state index in [0.717, 1.165) is 25.7 Å². The first kappa shape index (κ1) is 17.4. The SMILES string of the molecule is C=C1C[C@H]2[C@H](/C=C/CC(C)(O)CCCCC)[C@@H](O)C[C@@H]2C1=O. The molecule has 0 aromatic carbocycles. The normalized spacial score (nSPS) is 34.4. The maximum Gasteiger partial charge on any atom is 0.161 e. The van der Waals surface area contributed by atoms with Crippen molar-refractivity contribution in [1.82, 2.24) is 0 Å². The Morgan fingerprint density at radius 2 is 2.14 bits per heavy atom. The van der Waals surface area contributed by atoms with Crippen LogP contribution in [-0.2, 0) is 4.79 Å². The van der Waals surface area contributed by atoms with E-state index in [4.69, 9.17) is 0 Å². The van der Waals surface area contributed by atoms with Gasteiger partial charge in [-0.15, -0.1) is 0 Å². The Kier molecular flexibility index (Phi) is 5.62. The van der Waals surface area contributed by atoms with Crippen LogP contribution in [0.15, 0.2) is 24.3 Å². The summed E-state index contributed by atoms with van der Waals surface area (Å²) in [6.45, 7) is 7.88. The van der Waals surface area contributed by atoms with E-state index in [0.29, 0.717) is 24.8 Å². The van der Waals surface area contributed by atoms with E-state index in [-0.39, 0.29) is 23.5 Å². The van der Waals surface area contributed by atoms with Crippen LogP contribution in [0.3, 0.4) is 0 Å². The lowest BCUT2D eigenvalue weighted by atomic mass is 9.89. The van der Waals surface area contributed by atoms with Crippen molar-refractivity contribution in [3.63, 3.8) is 0 Å². The third-order valence-corrected chi connectivity index (χ3v) is 5.35. The van der Waals surface area contributed by atoms with Gasteiger partial charge in [0.1, 0.15) is 0 Å². The quantitative estimate of drug-likeness (QED) is 0.430. The summed E-state index contributed by atoms with van der Waals surface area (Å²) in [5.41, 5.74) is 0.0378. The topological polar surface area (TPSA) is 57.5 Å². The summed E-state index contributed by atoms with van der Waals surface area (Å²) in [5, 5.41) is 20.6. The minimum Gasteiger partial charge on any atom is -0.392 e. The molecule has 2 aliphatic rings. The number of ketones is 1. The molecule has 1 unspecified atom stereocenters. The zero-order valence-corrected chi connectivity index (χ0v) is 13.9. The Hall–Kier alpha value is -0.930. The molecule has 0 spiro atoms. The van der Waals surface area contributed by atoms with E-state index in [2.05, 4.69) is 13.5 Å². The van der Waals surface area contributed by atoms with Crippen molar-refractivity contribution in [2.24, 2.45) is 17.8 Å². The molecule has 2 rings (SSSR count). The highest BCUT2D eigenvalue weighted by Crippen LogP contribution is 2.48. The van der Waals surface area contributed by atoms with E-state index in [1.54, 1.807) is 0 Å². The van der Waals surface area contributed by atoms with Crippen molar-refractivity contribution in [3.05, 3.63) is 24.3 Å². The molecule has 0 aromatic rings. The predicted octanol–water partition coefficient (Wildman–Crippen LogP) is 3.41. The molecular formula is C19H30O3. The largest absolute Gasteiger partial charge is 0.392 e. The van der Waals surface area contributed by atoms with Gasteiger partial charge >= 0.3 is 0 Å². The monoisotopic (exact) mass is 306 g/mol. The van der Waals surface area contributed by atoms with Gasteiger partial charge in [0.2, 0.25) is 0 Å². The van der Waals surface area contributed by atoms with Crippen LogP contribution in [0, 0.1) is 17.8 Å². The van der Waals surface area contributed by atoms with Gasteiger partial charge in [0, 0.05) is 11.8 Å². The molecule has 0 bridgehead atoms. The first-order chi connectivity index (χ1) is 10.4. The Balaban J connectivity index is 1.90. The average Bonchev–Trinajstić information content (AvgIpc) is 2.88. The molecule has 0 aromatic heterocycles. The fraction of sp³-hybridized carbons (Fsp3) is 0.737. The summed E-state index contributed by atoms with van der Waals surface area (Å²) in [6.07, 6.45) is 9.61. The van der Waals surface area contributed by atoms with E-state index in [9.17, 15) is 15.0 Å². The molecule has 124 valence electrons. The molecule has 0 amide bonds. The highest BCUT2D eigenvalue weighted by molar-refractivity contribution is 5.99. The molecular weight excluding hydrogens is 276 g/mol. The molecule has 0 aliphatic heterocycles. The van der Waals surface area contributed by atoms with Gasteiger partial charge in [-0.1, -0.05) is 44.9 Å². The molecule has 0 heterocycles. The summed E-state index contributed by atoms with van der Waals surface area (Å²) in [5.74, 6) is 0.338. The zero-order chi connectivity index (χ0) is 16.3. The van der Waals surface area contributed by atoms with Crippen LogP contribution < -0.4 is 0 Å². The van der Waals surface area contributed by atoms with Crippen molar-refractivity contribution in [2.75, 3.05) is 0 Å². The smallest absolute Gasteiger partial charge is 0.161 e. The fourth-order valence-corrected chi connectivity index (χ4v) is 3.98. The molecule has 0 radical (unpaired) electrons. The number of hydrogen-bond acceptors (Lipinski definition) is 3. The van der Waals surface area contributed by atoms with Gasteiger partial charge in [-0.25, -0.2) is 0 Å². The lowest BCUT2D eigenvalue weighted by Crippen LogP contribution is -2.23. The van der Waals surface area contributed by atoms with Crippen molar-refractivity contribution < 1.29 is 15.0 Å². The molecule has 3 heteroatoms. The van der Waals surface area contributed by atoms with Crippen LogP contribution in [0.5, 0.6) is 0 Å². The predicted molar refractivity (Wildman–Crippen MR) is 88.4 cm³/mol. The number of Topliss-reactive ketones (excluding diaryl/α,β-unsaturated/α-hetero) is 1. The second-order valence-corrected chi connectivity index (χ2v) is 7.41. The second-order valence-electron chi connectivity index (χ2n) is 7.41. The van der Waals surface area contributed by atoms with Crippen molar-refractivity contribution in [2.45, 2.75) is 70.5 Å². The van der Waals surface area contributed by atoms with Gasteiger partial charge < -0.3 is 10.2 Å². The van der Waals surface area contributed by atoms with Crippen LogP contribution in [0.2, 0.25) is 0 Å². The maximum atomic E-state index is 12.0. The molecule has 2 aliphatic carbocycles. The highest BCUT2D eigenvalue weighted by atomic mass is 16.3. The number of aliphatic hydroxyl groups is 2. The molecule has 0 saturated heterocycles. The minimum absolute atomic E-state index is 0.0274. The maximum absolute atomic E-state index is 12.0. The first-order valence-electron chi connectivity index (χ1n) is 8.65. The molecule has 3 nitrogen and oxygen atoms in total. The third-order valence-electron chi connectivity index (χ3n) is 5.35. The molecule has 2 N–H and O–H groups in total. The lowest BCUT2D eigenvalue weighted by molar-refractivity contribution is -0.118. The Labute approximate surface area is 134 Å². The Morgan fingerprint density at radius 1 is 1.41 bits per heavy atom. The van der Waals surface area contributed by atoms with E-state index >= 15 is 0 Å². The Morgan fingerprint density at radius 3 is 2.82 bits per heavy atom. The summed E-state index contributed by atoms with van der Waals surface area (Å²) >= 11 is 0. The molecule has 22 heavy (non-hydrogen) atoms. The molecule has 5 atom stereocenters. The molecule has 2 fully saturated rings. The number of fused-ring (bicyclic) bond motifs is 1. The lowest BCUT2D eigenvalue weighted by Gasteiger charge is -2.22. The van der Waals surface area contributed by atoms with E-state index in [1.807, 2.05) is 19.1 Å². The number of hydrogen-bond donors (Lipinski definition) is 2. The van der Waals surface area contributed by atoms with Crippen LogP contribution in [-0.4, -0.2) is 27.7 Å². The molecule has 2 saturated carbocycles. The van der Waals surface area contributed by atoms with Gasteiger partial charge in [0.05, 0.1) is 11.7 Å². The zero-order valence-electron chi connectivity index (χ0n) is 13.9. The van der Waals surface area contributed by atoms with Crippen molar-refractivity contribution in [1.29, 1.82) is 0 Å². The number of carbonyl (C=O) groups excluding carboxylic acids is 1. The van der Waals surface area contributed by atoms with Gasteiger partial charge in [0.15, 0.2) is 5.78 Å². The summed E-state index contributed by atoms with van der Waals surface area (Å²) in [4.78, 5) is 12.0. The van der Waals surface area contributed by atoms with Crippen LogP contribution in [0.25, 0.3) is 0 Å². The van der Waals surface area contributed by atoms with Gasteiger partial charge in [0.25, 0.3) is 0 Å². The van der Waals surface area contributed by atoms with Gasteiger partial charge in [-0.3, -0.25) is 4.79 Å². The van der Waals surface area contributed by atoms with Crippen molar-refractivity contribution >= 4 is 5.78 Å². The summed E-state index contributed by atoms with van der Waals surface area (Å²) in [6, 6.07) is 0. The van der Waals surface area contributed by atoms with Gasteiger partial charge in [-0.05, 0) is 44.1 Å². The fourth-order valence-electron chi connectivity index (χ4n) is 3.98. The third kappa shape index (κ3) is 3.88. The standard InChI is InChI=1S/C19H30O3/c1-4-5-6-9-19(3,22)10-7-8-14-15-11-13(2)18(21)16(15)12-17(14)20/h7-8,14-17,20,22H,2,4-6,9-12H2,1,3H3/b8-7+/t14-,15-,16-,17-,19?/m0/s1. The average molecular weight is 306 g/mol. The number of aliphatic hydroxyl groups excluding tert-OH is 1. The number of allylic oxidation sites excluding steroid dienone is 1. The van der Waals surface area contributed by atoms with Crippen LogP contribution in [0.1, 0.15) is 58.8 Å².